The lowest BCUT2D eigenvalue weighted by molar-refractivity contribution is -0.131. The maximum Gasteiger partial charge on any atom is 0.229 e. The van der Waals surface area contributed by atoms with Crippen LogP contribution < -0.4 is 9.47 Å². The molecule has 1 fully saturated rings. The van der Waals surface area contributed by atoms with Crippen LogP contribution in [0.3, 0.4) is 0 Å². The highest BCUT2D eigenvalue weighted by Crippen LogP contribution is 2.37. The molecule has 2 aromatic heterocycles. The molecular formula is C24H23N3O3S2. The Morgan fingerprint density at radius 3 is 2.78 bits per heavy atom. The van der Waals surface area contributed by atoms with Crippen LogP contribution in [-0.4, -0.2) is 41.5 Å². The van der Waals surface area contributed by atoms with Crippen molar-refractivity contribution < 1.29 is 14.3 Å². The van der Waals surface area contributed by atoms with Gasteiger partial charge in [-0.25, -0.2) is 9.97 Å². The second-order valence-electron chi connectivity index (χ2n) is 7.66. The van der Waals surface area contributed by atoms with Gasteiger partial charge in [-0.2, -0.15) is 0 Å². The molecule has 2 aromatic carbocycles. The highest BCUT2D eigenvalue weighted by molar-refractivity contribution is 7.18. The van der Waals surface area contributed by atoms with Gasteiger partial charge in [0, 0.05) is 17.5 Å². The van der Waals surface area contributed by atoms with Crippen molar-refractivity contribution in [2.75, 3.05) is 20.8 Å². The van der Waals surface area contributed by atoms with Gasteiger partial charge in [0.05, 0.1) is 42.6 Å². The first-order valence-corrected chi connectivity index (χ1v) is 12.2. The number of benzene rings is 2. The number of likely N-dealkylation sites (tertiary alicyclic amines) is 1. The third kappa shape index (κ3) is 3.96. The fourth-order valence-corrected chi connectivity index (χ4v) is 6.03. The zero-order valence-corrected chi connectivity index (χ0v) is 19.5. The molecule has 1 aliphatic heterocycles. The minimum atomic E-state index is 0.0591. The molecule has 3 heterocycles. The maximum atomic E-state index is 13.2. The summed E-state index contributed by atoms with van der Waals surface area (Å²) in [4.78, 5) is 24.7. The molecule has 1 unspecified atom stereocenters. The number of amides is 1. The molecule has 32 heavy (non-hydrogen) atoms. The Bertz CT molecular complexity index is 1230. The summed E-state index contributed by atoms with van der Waals surface area (Å²) in [5.41, 5.74) is 2.74. The van der Waals surface area contributed by atoms with Crippen molar-refractivity contribution in [3.8, 4) is 22.1 Å². The molecule has 0 N–H and O–H groups in total. The molecule has 164 valence electrons. The van der Waals surface area contributed by atoms with E-state index < -0.39 is 0 Å². The van der Waals surface area contributed by atoms with E-state index in [0.29, 0.717) is 17.9 Å². The molecule has 8 heteroatoms. The number of carbonyl (C=O) groups is 1. The number of methoxy groups -OCH3 is 2. The van der Waals surface area contributed by atoms with E-state index in [1.54, 1.807) is 25.6 Å². The first kappa shape index (κ1) is 20.9. The van der Waals surface area contributed by atoms with Crippen LogP contribution in [0.1, 0.15) is 29.6 Å². The van der Waals surface area contributed by atoms with Crippen LogP contribution in [0.15, 0.2) is 47.8 Å². The number of fused-ring (bicyclic) bond motifs is 1. The molecule has 0 bridgehead atoms. The summed E-state index contributed by atoms with van der Waals surface area (Å²) in [6.07, 6.45) is 2.25. The Hall–Kier alpha value is -2.97. The number of thiazole rings is 2. The lowest BCUT2D eigenvalue weighted by Crippen LogP contribution is -2.31. The number of para-hydroxylation sites is 1. The Balaban J connectivity index is 1.32. The summed E-state index contributed by atoms with van der Waals surface area (Å²) in [5.74, 6) is 1.45. The van der Waals surface area contributed by atoms with Crippen molar-refractivity contribution in [2.24, 2.45) is 0 Å². The Labute approximate surface area is 194 Å². The van der Waals surface area contributed by atoms with E-state index in [0.717, 1.165) is 46.2 Å². The third-order valence-corrected chi connectivity index (χ3v) is 7.76. The number of carbonyl (C=O) groups excluding carboxylic acids is 1. The number of hydrogen-bond acceptors (Lipinski definition) is 7. The lowest BCUT2D eigenvalue weighted by atomic mass is 10.2. The first-order chi connectivity index (χ1) is 15.7. The Kier molecular flexibility index (Phi) is 5.80. The topological polar surface area (TPSA) is 64.5 Å². The van der Waals surface area contributed by atoms with Gasteiger partial charge in [-0.05, 0) is 43.2 Å². The molecule has 1 saturated heterocycles. The van der Waals surface area contributed by atoms with Crippen molar-refractivity contribution in [3.63, 3.8) is 0 Å². The minimum absolute atomic E-state index is 0.0591. The highest BCUT2D eigenvalue weighted by atomic mass is 32.1. The van der Waals surface area contributed by atoms with Crippen molar-refractivity contribution in [2.45, 2.75) is 25.3 Å². The summed E-state index contributed by atoms with van der Waals surface area (Å²) >= 11 is 3.22. The molecule has 0 aliphatic carbocycles. The maximum absolute atomic E-state index is 13.2. The van der Waals surface area contributed by atoms with E-state index in [-0.39, 0.29) is 11.9 Å². The van der Waals surface area contributed by atoms with Gasteiger partial charge in [0.1, 0.15) is 10.0 Å². The molecule has 0 radical (unpaired) electrons. The van der Waals surface area contributed by atoms with E-state index in [1.807, 2.05) is 46.7 Å². The van der Waals surface area contributed by atoms with Gasteiger partial charge in [-0.1, -0.05) is 12.1 Å². The normalized spacial score (nSPS) is 15.9. The number of nitrogens with zero attached hydrogens (tertiary/aromatic N) is 3. The summed E-state index contributed by atoms with van der Waals surface area (Å²) in [6.45, 7) is 0.770. The van der Waals surface area contributed by atoms with Crippen molar-refractivity contribution in [1.82, 2.24) is 14.9 Å². The summed E-state index contributed by atoms with van der Waals surface area (Å²) in [6, 6.07) is 13.9. The second kappa shape index (κ2) is 8.88. The molecular weight excluding hydrogens is 442 g/mol. The van der Waals surface area contributed by atoms with Crippen molar-refractivity contribution >= 4 is 38.8 Å². The van der Waals surface area contributed by atoms with Gasteiger partial charge in [0.2, 0.25) is 5.91 Å². The predicted octanol–water partition coefficient (Wildman–Crippen LogP) is 5.34. The first-order valence-electron chi connectivity index (χ1n) is 10.5. The molecule has 0 saturated carbocycles. The fraction of sp³-hybridized carbons (Fsp3) is 0.292. The largest absolute Gasteiger partial charge is 0.493 e. The number of aromatic nitrogens is 2. The van der Waals surface area contributed by atoms with E-state index in [9.17, 15) is 4.79 Å². The van der Waals surface area contributed by atoms with Crippen LogP contribution in [0.2, 0.25) is 0 Å². The summed E-state index contributed by atoms with van der Waals surface area (Å²) in [7, 11) is 3.23. The highest BCUT2D eigenvalue weighted by Gasteiger charge is 2.32. The summed E-state index contributed by atoms with van der Waals surface area (Å²) in [5, 5.41) is 3.85. The minimum Gasteiger partial charge on any atom is -0.493 e. The lowest BCUT2D eigenvalue weighted by Gasteiger charge is -2.22. The van der Waals surface area contributed by atoms with E-state index >= 15 is 0 Å². The number of ether oxygens (including phenoxy) is 2. The molecule has 1 aliphatic rings. The zero-order chi connectivity index (χ0) is 22.1. The fourth-order valence-electron chi connectivity index (χ4n) is 4.10. The monoisotopic (exact) mass is 465 g/mol. The predicted molar refractivity (Wildman–Crippen MR) is 128 cm³/mol. The van der Waals surface area contributed by atoms with Crippen LogP contribution in [0.5, 0.6) is 11.5 Å². The van der Waals surface area contributed by atoms with Gasteiger partial charge < -0.3 is 14.4 Å². The van der Waals surface area contributed by atoms with E-state index in [4.69, 9.17) is 19.4 Å². The van der Waals surface area contributed by atoms with Gasteiger partial charge >= 0.3 is 0 Å². The van der Waals surface area contributed by atoms with Crippen LogP contribution in [-0.2, 0) is 11.2 Å². The summed E-state index contributed by atoms with van der Waals surface area (Å²) < 4.78 is 11.9. The van der Waals surface area contributed by atoms with E-state index in [2.05, 4.69) is 6.07 Å². The molecule has 0 spiro atoms. The standard InChI is InChI=1S/C24H23N3O3S2/c1-29-19-10-9-15(12-20(19)30-2)23-25-16(14-31-23)13-22(28)27-11-5-7-18(27)24-26-17-6-3-4-8-21(17)32-24/h3-4,6,8-10,12,14,18H,5,7,11,13H2,1-2H3. The van der Waals surface area contributed by atoms with Gasteiger partial charge in [0.25, 0.3) is 0 Å². The van der Waals surface area contributed by atoms with Gasteiger partial charge in [-0.3, -0.25) is 4.79 Å². The molecule has 1 amide bonds. The van der Waals surface area contributed by atoms with Crippen molar-refractivity contribution in [1.29, 1.82) is 0 Å². The molecule has 5 rings (SSSR count). The SMILES string of the molecule is COc1ccc(-c2nc(CC(=O)N3CCCC3c3nc4ccccc4s3)cs2)cc1OC. The van der Waals surface area contributed by atoms with Crippen LogP contribution in [0.4, 0.5) is 0 Å². The Morgan fingerprint density at radius 2 is 1.97 bits per heavy atom. The molecule has 1 atom stereocenters. The Morgan fingerprint density at radius 1 is 1.12 bits per heavy atom. The quantitative estimate of drug-likeness (QED) is 0.384. The van der Waals surface area contributed by atoms with Gasteiger partial charge in [0.15, 0.2) is 11.5 Å². The van der Waals surface area contributed by atoms with E-state index in [1.165, 1.54) is 16.0 Å². The zero-order valence-electron chi connectivity index (χ0n) is 17.9. The third-order valence-electron chi connectivity index (χ3n) is 5.68. The van der Waals surface area contributed by atoms with Crippen LogP contribution in [0, 0.1) is 0 Å². The van der Waals surface area contributed by atoms with Crippen LogP contribution >= 0.6 is 22.7 Å². The molecule has 4 aromatic rings. The molecule has 6 nitrogen and oxygen atoms in total. The number of rotatable bonds is 6. The number of hydrogen-bond donors (Lipinski definition) is 0. The van der Waals surface area contributed by atoms with Crippen molar-refractivity contribution in [3.05, 3.63) is 58.5 Å². The second-order valence-corrected chi connectivity index (χ2v) is 9.58. The van der Waals surface area contributed by atoms with Crippen LogP contribution in [0.25, 0.3) is 20.8 Å². The average molecular weight is 466 g/mol. The average Bonchev–Trinajstić information content (AvgIpc) is 3.57. The van der Waals surface area contributed by atoms with Gasteiger partial charge in [-0.15, -0.1) is 22.7 Å². The smallest absolute Gasteiger partial charge is 0.229 e.